The average Bonchev–Trinajstić information content (AvgIpc) is 3.26. The summed E-state index contributed by atoms with van der Waals surface area (Å²) >= 11 is 0. The summed E-state index contributed by atoms with van der Waals surface area (Å²) in [6.07, 6.45) is 5.67. The number of imidazole rings is 1. The number of nitrogens with zero attached hydrogens (tertiary/aromatic N) is 4. The second-order valence-corrected chi connectivity index (χ2v) is 7.01. The fourth-order valence-corrected chi connectivity index (χ4v) is 3.49. The zero-order valence-electron chi connectivity index (χ0n) is 14.8. The van der Waals surface area contributed by atoms with E-state index in [2.05, 4.69) is 25.6 Å². The number of aromatic nitrogens is 5. The predicted molar refractivity (Wildman–Crippen MR) is 97.5 cm³/mol. The zero-order valence-corrected chi connectivity index (χ0v) is 14.8. The Hall–Kier alpha value is -2.74. The Morgan fingerprint density at radius 1 is 1.35 bits per heavy atom. The van der Waals surface area contributed by atoms with Gasteiger partial charge in [0.1, 0.15) is 5.82 Å². The minimum Gasteiger partial charge on any atom is -0.347 e. The van der Waals surface area contributed by atoms with E-state index in [4.69, 9.17) is 5.73 Å². The highest BCUT2D eigenvalue weighted by molar-refractivity contribution is 5.91. The molecule has 2 heterocycles. The maximum Gasteiger partial charge on any atom is 0.273 e. The highest BCUT2D eigenvalue weighted by atomic mass is 16.2. The molecule has 136 valence electrons. The van der Waals surface area contributed by atoms with Crippen molar-refractivity contribution in [2.45, 2.75) is 51.2 Å². The Kier molecular flexibility index (Phi) is 4.42. The van der Waals surface area contributed by atoms with Crippen LogP contribution in [0.3, 0.4) is 0 Å². The number of nitrogens with two attached hydrogens (primary N) is 1. The number of fused-ring (bicyclic) bond motifs is 1. The van der Waals surface area contributed by atoms with Gasteiger partial charge in [-0.1, -0.05) is 11.3 Å². The number of hydrogen-bond acceptors (Lipinski definition) is 5. The van der Waals surface area contributed by atoms with E-state index in [1.54, 1.807) is 10.9 Å². The molecule has 8 nitrogen and oxygen atoms in total. The van der Waals surface area contributed by atoms with Crippen LogP contribution in [0.25, 0.3) is 11.0 Å². The fraction of sp³-hybridized carbons (Fsp3) is 0.444. The molecule has 1 saturated carbocycles. The molecule has 1 fully saturated rings. The van der Waals surface area contributed by atoms with E-state index in [0.29, 0.717) is 12.2 Å². The van der Waals surface area contributed by atoms with E-state index in [0.717, 1.165) is 48.1 Å². The number of hydrogen-bond donors (Lipinski definition) is 3. The Bertz CT molecular complexity index is 921. The number of rotatable bonds is 4. The van der Waals surface area contributed by atoms with Crippen LogP contribution in [0.2, 0.25) is 0 Å². The maximum absolute atomic E-state index is 12.4. The third kappa shape index (κ3) is 3.45. The molecule has 0 unspecified atom stereocenters. The molecule has 2 aromatic heterocycles. The summed E-state index contributed by atoms with van der Waals surface area (Å²) in [5, 5.41) is 11.1. The van der Waals surface area contributed by atoms with Crippen molar-refractivity contribution < 1.29 is 4.79 Å². The molecular formula is C18H23N7O. The molecule has 1 amide bonds. The average molecular weight is 353 g/mol. The normalized spacial score (nSPS) is 20.4. The van der Waals surface area contributed by atoms with Crippen molar-refractivity contribution in [2.24, 2.45) is 5.73 Å². The molecule has 0 radical (unpaired) electrons. The summed E-state index contributed by atoms with van der Waals surface area (Å²) in [5.74, 6) is 0.658. The first-order valence-corrected chi connectivity index (χ1v) is 8.99. The number of carbonyl (C=O) groups is 1. The molecule has 0 spiro atoms. The van der Waals surface area contributed by atoms with Crippen LogP contribution in [-0.2, 0) is 6.54 Å². The topological polar surface area (TPSA) is 115 Å². The highest BCUT2D eigenvalue weighted by Crippen LogP contribution is 2.26. The van der Waals surface area contributed by atoms with Crippen molar-refractivity contribution in [1.29, 1.82) is 0 Å². The van der Waals surface area contributed by atoms with E-state index in [1.807, 2.05) is 25.1 Å². The quantitative estimate of drug-likeness (QED) is 0.662. The minimum absolute atomic E-state index is 0.218. The maximum atomic E-state index is 12.4. The zero-order chi connectivity index (χ0) is 18.1. The Labute approximate surface area is 151 Å². The van der Waals surface area contributed by atoms with E-state index in [1.165, 1.54) is 0 Å². The first-order valence-electron chi connectivity index (χ1n) is 8.99. The van der Waals surface area contributed by atoms with Crippen molar-refractivity contribution in [3.63, 3.8) is 0 Å². The van der Waals surface area contributed by atoms with Gasteiger partial charge in [0.25, 0.3) is 5.91 Å². The van der Waals surface area contributed by atoms with Crippen LogP contribution in [0.15, 0.2) is 24.4 Å². The SMILES string of the molecule is Cc1nc2ccc(CNC(=O)c3cn(C4CCC(N)CC4)nn3)cc2[nH]1. The first kappa shape index (κ1) is 16.7. The molecular weight excluding hydrogens is 330 g/mol. The van der Waals surface area contributed by atoms with Gasteiger partial charge in [-0.15, -0.1) is 5.10 Å². The summed E-state index contributed by atoms with van der Waals surface area (Å²) in [5.41, 5.74) is 9.18. The van der Waals surface area contributed by atoms with E-state index < -0.39 is 0 Å². The molecule has 3 aromatic rings. The Morgan fingerprint density at radius 3 is 2.96 bits per heavy atom. The number of amides is 1. The number of carbonyl (C=O) groups excluding carboxylic acids is 1. The van der Waals surface area contributed by atoms with Crippen molar-refractivity contribution in [1.82, 2.24) is 30.3 Å². The van der Waals surface area contributed by atoms with Gasteiger partial charge in [0.15, 0.2) is 5.69 Å². The number of H-pyrrole nitrogens is 1. The molecule has 0 saturated heterocycles. The summed E-state index contributed by atoms with van der Waals surface area (Å²) in [4.78, 5) is 19.9. The van der Waals surface area contributed by atoms with Gasteiger partial charge in [0.2, 0.25) is 0 Å². The largest absolute Gasteiger partial charge is 0.347 e. The summed E-state index contributed by atoms with van der Waals surface area (Å²) in [7, 11) is 0. The van der Waals surface area contributed by atoms with Crippen LogP contribution < -0.4 is 11.1 Å². The number of benzene rings is 1. The van der Waals surface area contributed by atoms with Gasteiger partial charge in [-0.05, 0) is 50.3 Å². The number of aryl methyl sites for hydroxylation is 1. The summed E-state index contributed by atoms with van der Waals surface area (Å²) in [6.45, 7) is 2.35. The second kappa shape index (κ2) is 6.87. The lowest BCUT2D eigenvalue weighted by Gasteiger charge is -2.25. The molecule has 4 N–H and O–H groups in total. The molecule has 1 aromatic carbocycles. The Morgan fingerprint density at radius 2 is 2.15 bits per heavy atom. The van der Waals surface area contributed by atoms with Crippen LogP contribution in [0, 0.1) is 6.92 Å². The predicted octanol–water partition coefficient (Wildman–Crippen LogP) is 1.84. The second-order valence-electron chi connectivity index (χ2n) is 7.01. The summed E-state index contributed by atoms with van der Waals surface area (Å²) in [6, 6.07) is 6.48. The number of aromatic amines is 1. The van der Waals surface area contributed by atoms with Gasteiger partial charge in [-0.2, -0.15) is 0 Å². The first-order chi connectivity index (χ1) is 12.6. The molecule has 26 heavy (non-hydrogen) atoms. The van der Waals surface area contributed by atoms with Crippen LogP contribution in [0.5, 0.6) is 0 Å². The van der Waals surface area contributed by atoms with Gasteiger partial charge >= 0.3 is 0 Å². The van der Waals surface area contributed by atoms with E-state index in [-0.39, 0.29) is 18.0 Å². The van der Waals surface area contributed by atoms with Crippen molar-refractivity contribution >= 4 is 16.9 Å². The van der Waals surface area contributed by atoms with E-state index in [9.17, 15) is 4.79 Å². The van der Waals surface area contributed by atoms with Gasteiger partial charge in [0.05, 0.1) is 23.3 Å². The van der Waals surface area contributed by atoms with Crippen molar-refractivity contribution in [2.75, 3.05) is 0 Å². The van der Waals surface area contributed by atoms with Crippen LogP contribution in [0.1, 0.15) is 53.6 Å². The number of nitrogens with one attached hydrogen (secondary N) is 2. The lowest BCUT2D eigenvalue weighted by molar-refractivity contribution is 0.0946. The molecule has 1 aliphatic carbocycles. The minimum atomic E-state index is -0.218. The van der Waals surface area contributed by atoms with Gasteiger partial charge in [0, 0.05) is 12.6 Å². The lowest BCUT2D eigenvalue weighted by atomic mass is 9.92. The Balaban J connectivity index is 1.38. The van der Waals surface area contributed by atoms with Gasteiger partial charge in [-0.3, -0.25) is 4.79 Å². The standard InChI is InChI=1S/C18H23N7O/c1-11-21-15-7-2-12(8-16(15)22-11)9-20-18(26)17-10-25(24-23-17)14-5-3-13(19)4-6-14/h2,7-8,10,13-14H,3-6,9,19H2,1H3,(H,20,26)(H,21,22). The molecule has 0 aliphatic heterocycles. The molecule has 8 heteroatoms. The van der Waals surface area contributed by atoms with Crippen LogP contribution >= 0.6 is 0 Å². The van der Waals surface area contributed by atoms with Crippen LogP contribution in [-0.4, -0.2) is 36.9 Å². The lowest BCUT2D eigenvalue weighted by Crippen LogP contribution is -2.28. The highest BCUT2D eigenvalue weighted by Gasteiger charge is 2.22. The smallest absolute Gasteiger partial charge is 0.273 e. The molecule has 0 atom stereocenters. The van der Waals surface area contributed by atoms with E-state index >= 15 is 0 Å². The van der Waals surface area contributed by atoms with Crippen LogP contribution in [0.4, 0.5) is 0 Å². The third-order valence-electron chi connectivity index (χ3n) is 4.98. The monoisotopic (exact) mass is 353 g/mol. The van der Waals surface area contributed by atoms with Gasteiger partial charge < -0.3 is 16.0 Å². The molecule has 1 aliphatic rings. The molecule has 4 rings (SSSR count). The fourth-order valence-electron chi connectivity index (χ4n) is 3.49. The van der Waals surface area contributed by atoms with Crippen molar-refractivity contribution in [3.05, 3.63) is 41.5 Å². The van der Waals surface area contributed by atoms with Crippen molar-refractivity contribution in [3.8, 4) is 0 Å². The molecule has 0 bridgehead atoms. The summed E-state index contributed by atoms with van der Waals surface area (Å²) < 4.78 is 1.81. The van der Waals surface area contributed by atoms with Gasteiger partial charge in [-0.25, -0.2) is 9.67 Å². The third-order valence-corrected chi connectivity index (χ3v) is 4.98.